The molecular formula is C21H25N3O4S. The zero-order valence-electron chi connectivity index (χ0n) is 16.5. The van der Waals surface area contributed by atoms with Crippen LogP contribution < -0.4 is 10.1 Å². The molecule has 0 radical (unpaired) electrons. The lowest BCUT2D eigenvalue weighted by Crippen LogP contribution is -2.18. The number of rotatable bonds is 5. The van der Waals surface area contributed by atoms with Gasteiger partial charge in [0, 0.05) is 30.1 Å². The molecule has 0 saturated carbocycles. The van der Waals surface area contributed by atoms with Crippen LogP contribution in [0.15, 0.2) is 58.5 Å². The molecule has 3 aromatic rings. The third-order valence-corrected chi connectivity index (χ3v) is 5.54. The lowest BCUT2D eigenvalue weighted by molar-refractivity contribution is 0.415. The van der Waals surface area contributed by atoms with Crippen molar-refractivity contribution >= 4 is 26.9 Å². The molecule has 29 heavy (non-hydrogen) atoms. The fraction of sp³-hybridized carbons (Fsp3) is 0.286. The quantitative estimate of drug-likeness (QED) is 0.555. The van der Waals surface area contributed by atoms with Gasteiger partial charge in [0.1, 0.15) is 5.75 Å². The van der Waals surface area contributed by atoms with Gasteiger partial charge in [-0.15, -0.1) is 0 Å². The maximum atomic E-state index is 10.5. The van der Waals surface area contributed by atoms with Gasteiger partial charge in [-0.1, -0.05) is 17.7 Å². The van der Waals surface area contributed by atoms with Crippen molar-refractivity contribution in [2.24, 2.45) is 4.99 Å². The Bertz CT molecular complexity index is 1100. The number of ether oxygens (including phenoxy) is 1. The lowest BCUT2D eigenvalue weighted by Gasteiger charge is -2.03. The first-order valence-electron chi connectivity index (χ1n) is 9.32. The van der Waals surface area contributed by atoms with Crippen molar-refractivity contribution < 1.29 is 17.7 Å². The van der Waals surface area contributed by atoms with Crippen LogP contribution in [0.4, 0.5) is 0 Å². The molecule has 2 aromatic carbocycles. The van der Waals surface area contributed by atoms with E-state index >= 15 is 0 Å². The summed E-state index contributed by atoms with van der Waals surface area (Å²) in [6.45, 7) is 3.74. The average Bonchev–Trinajstić information content (AvgIpc) is 3.35. The van der Waals surface area contributed by atoms with Crippen LogP contribution in [0.1, 0.15) is 17.5 Å². The van der Waals surface area contributed by atoms with Crippen LogP contribution in [-0.4, -0.2) is 44.0 Å². The zero-order valence-corrected chi connectivity index (χ0v) is 17.3. The number of fused-ring (bicyclic) bond motifs is 1. The van der Waals surface area contributed by atoms with Crippen LogP contribution >= 0.6 is 0 Å². The highest BCUT2D eigenvalue weighted by atomic mass is 32.2. The molecule has 154 valence electrons. The first-order chi connectivity index (χ1) is 13.9. The third-order valence-electron chi connectivity index (χ3n) is 4.67. The topological polar surface area (TPSA) is 104 Å². The Morgan fingerprint density at radius 2 is 1.90 bits per heavy atom. The Hall–Kier alpha value is -2.84. The van der Waals surface area contributed by atoms with Gasteiger partial charge in [0.25, 0.3) is 10.1 Å². The fourth-order valence-electron chi connectivity index (χ4n) is 3.07. The van der Waals surface area contributed by atoms with Gasteiger partial charge in [-0.3, -0.25) is 9.55 Å². The summed E-state index contributed by atoms with van der Waals surface area (Å²) < 4.78 is 34.8. The summed E-state index contributed by atoms with van der Waals surface area (Å²) in [4.78, 5) is 7.65. The van der Waals surface area contributed by atoms with Crippen molar-refractivity contribution in [1.29, 1.82) is 0 Å². The van der Waals surface area contributed by atoms with Gasteiger partial charge >= 0.3 is 0 Å². The molecular weight excluding hydrogens is 390 g/mol. The maximum absolute atomic E-state index is 10.5. The van der Waals surface area contributed by atoms with Crippen LogP contribution in [0.3, 0.4) is 0 Å². The number of amidine groups is 1. The summed E-state index contributed by atoms with van der Waals surface area (Å²) in [5, 5.41) is 4.55. The Balaban J connectivity index is 0.000000188. The van der Waals surface area contributed by atoms with Gasteiger partial charge in [-0.05, 0) is 49.2 Å². The van der Waals surface area contributed by atoms with E-state index in [-0.39, 0.29) is 4.90 Å². The summed E-state index contributed by atoms with van der Waals surface area (Å²) in [6.07, 6.45) is 4.06. The largest absolute Gasteiger partial charge is 0.497 e. The predicted octanol–water partition coefficient (Wildman–Crippen LogP) is 3.35. The average molecular weight is 416 g/mol. The summed E-state index contributed by atoms with van der Waals surface area (Å²) in [6, 6.07) is 12.1. The van der Waals surface area contributed by atoms with Gasteiger partial charge in [-0.2, -0.15) is 8.42 Å². The molecule has 0 amide bonds. The summed E-state index contributed by atoms with van der Waals surface area (Å²) >= 11 is 0. The first-order valence-corrected chi connectivity index (χ1v) is 10.8. The minimum atomic E-state index is -4.02. The van der Waals surface area contributed by atoms with E-state index in [4.69, 9.17) is 9.29 Å². The minimum Gasteiger partial charge on any atom is -0.497 e. The van der Waals surface area contributed by atoms with Crippen molar-refractivity contribution in [3.8, 4) is 5.75 Å². The highest BCUT2D eigenvalue weighted by molar-refractivity contribution is 7.85. The highest BCUT2D eigenvalue weighted by Crippen LogP contribution is 2.24. The maximum Gasteiger partial charge on any atom is 0.294 e. The number of aryl methyl sites for hydroxylation is 2. The van der Waals surface area contributed by atoms with Gasteiger partial charge in [0.05, 0.1) is 24.4 Å². The molecule has 3 N–H and O–H groups in total. The van der Waals surface area contributed by atoms with Gasteiger partial charge in [-0.25, -0.2) is 0 Å². The normalized spacial score (nSPS) is 13.4. The number of hydrogen-bond acceptors (Lipinski definition) is 5. The molecule has 0 bridgehead atoms. The van der Waals surface area contributed by atoms with Crippen LogP contribution in [0.25, 0.3) is 10.9 Å². The van der Waals surface area contributed by atoms with Crippen molar-refractivity contribution in [3.63, 3.8) is 0 Å². The number of benzene rings is 2. The molecule has 7 nitrogen and oxygen atoms in total. The molecule has 4 rings (SSSR count). The van der Waals surface area contributed by atoms with E-state index in [1.165, 1.54) is 23.1 Å². The molecule has 8 heteroatoms. The number of nitrogens with zero attached hydrogens (tertiary/aromatic N) is 1. The second-order valence-electron chi connectivity index (χ2n) is 6.77. The van der Waals surface area contributed by atoms with E-state index in [0.29, 0.717) is 0 Å². The van der Waals surface area contributed by atoms with Crippen molar-refractivity contribution in [3.05, 3.63) is 59.8 Å². The molecule has 1 aromatic heterocycles. The molecule has 0 spiro atoms. The summed E-state index contributed by atoms with van der Waals surface area (Å²) in [5.41, 5.74) is 3.44. The molecule has 0 atom stereocenters. The number of aliphatic imine (C=N–C) groups is 1. The Kier molecular flexibility index (Phi) is 6.56. The summed E-state index contributed by atoms with van der Waals surface area (Å²) in [5.74, 6) is 2.03. The molecule has 0 unspecified atom stereocenters. The second kappa shape index (κ2) is 9.11. The van der Waals surface area contributed by atoms with Crippen LogP contribution in [-0.2, 0) is 16.5 Å². The van der Waals surface area contributed by atoms with E-state index in [1.807, 2.05) is 13.0 Å². The molecule has 0 saturated heterocycles. The van der Waals surface area contributed by atoms with Crippen molar-refractivity contribution in [2.75, 3.05) is 20.2 Å². The highest BCUT2D eigenvalue weighted by Gasteiger charge is 2.09. The number of nitrogens with one attached hydrogen (secondary N) is 2. The van der Waals surface area contributed by atoms with Crippen LogP contribution in [0.2, 0.25) is 0 Å². The standard InChI is InChI=1S/C14H17N3O.C7H8O3S/c1-18-11-3-4-13-12(8-11)10(9-17-13)2-5-14-15-6-7-16-14;1-6-2-4-7(5-3-6)11(8,9)10/h3-4,8-9,17H,2,5-7H2,1H3,(H,15,16);2-5H,1H3,(H,8,9,10). The van der Waals surface area contributed by atoms with E-state index in [1.54, 1.807) is 19.2 Å². The molecule has 1 aliphatic rings. The minimum absolute atomic E-state index is 0.0666. The van der Waals surface area contributed by atoms with Gasteiger partial charge in [0.2, 0.25) is 0 Å². The SMILES string of the molecule is COc1ccc2[nH]cc(CCC3=NCCN3)c2c1.Cc1ccc(S(=O)(=O)O)cc1. The van der Waals surface area contributed by atoms with Gasteiger partial charge < -0.3 is 15.0 Å². The predicted molar refractivity (Wildman–Crippen MR) is 114 cm³/mol. The monoisotopic (exact) mass is 415 g/mol. The Morgan fingerprint density at radius 3 is 2.52 bits per heavy atom. The van der Waals surface area contributed by atoms with E-state index in [2.05, 4.69) is 33.6 Å². The summed E-state index contributed by atoms with van der Waals surface area (Å²) in [7, 11) is -2.32. The van der Waals surface area contributed by atoms with E-state index < -0.39 is 10.1 Å². The van der Waals surface area contributed by atoms with Gasteiger partial charge in [0.15, 0.2) is 0 Å². The Morgan fingerprint density at radius 1 is 1.14 bits per heavy atom. The molecule has 2 heterocycles. The van der Waals surface area contributed by atoms with Crippen molar-refractivity contribution in [2.45, 2.75) is 24.7 Å². The number of aromatic amines is 1. The zero-order chi connectivity index (χ0) is 20.9. The third kappa shape index (κ3) is 5.58. The number of H-pyrrole nitrogens is 1. The van der Waals surface area contributed by atoms with E-state index in [0.717, 1.165) is 48.6 Å². The van der Waals surface area contributed by atoms with Crippen LogP contribution in [0, 0.1) is 6.92 Å². The first kappa shape index (κ1) is 20.9. The molecule has 1 aliphatic heterocycles. The van der Waals surface area contributed by atoms with Crippen molar-refractivity contribution in [1.82, 2.24) is 10.3 Å². The van der Waals surface area contributed by atoms with E-state index in [9.17, 15) is 8.42 Å². The molecule has 0 aliphatic carbocycles. The second-order valence-corrected chi connectivity index (χ2v) is 8.19. The Labute approximate surface area is 170 Å². The number of hydrogen-bond donors (Lipinski definition) is 3. The fourth-order valence-corrected chi connectivity index (χ4v) is 3.55. The number of methoxy groups -OCH3 is 1. The molecule has 0 fully saturated rings. The smallest absolute Gasteiger partial charge is 0.294 e. The lowest BCUT2D eigenvalue weighted by atomic mass is 10.1. The number of aromatic nitrogens is 1. The van der Waals surface area contributed by atoms with Crippen LogP contribution in [0.5, 0.6) is 5.75 Å².